The first-order valence-corrected chi connectivity index (χ1v) is 4.55. The number of nitrogen functional groups attached to an aromatic ring is 1. The van der Waals surface area contributed by atoms with Gasteiger partial charge in [0.15, 0.2) is 0 Å². The van der Waals surface area contributed by atoms with Crippen LogP contribution >= 0.6 is 0 Å². The molecule has 1 aromatic heterocycles. The van der Waals surface area contributed by atoms with E-state index in [1.54, 1.807) is 0 Å². The quantitative estimate of drug-likeness (QED) is 0.618. The lowest BCUT2D eigenvalue weighted by molar-refractivity contribution is 0.587. The number of nitrogens with two attached hydrogens (primary N) is 1. The van der Waals surface area contributed by atoms with Crippen LogP contribution in [0.5, 0.6) is 0 Å². The van der Waals surface area contributed by atoms with Gasteiger partial charge in [0.1, 0.15) is 4.90 Å². The summed E-state index contributed by atoms with van der Waals surface area (Å²) in [5.41, 5.74) is 5.17. The molecule has 3 N–H and O–H groups in total. The lowest BCUT2D eigenvalue weighted by atomic mass is 10.7. The van der Waals surface area contributed by atoms with E-state index in [9.17, 15) is 8.42 Å². The van der Waals surface area contributed by atoms with Crippen LogP contribution in [0.3, 0.4) is 0 Å². The van der Waals surface area contributed by atoms with Crippen molar-refractivity contribution in [1.29, 1.82) is 0 Å². The van der Waals surface area contributed by atoms with Gasteiger partial charge in [-0.2, -0.15) is 0 Å². The molecule has 0 aliphatic rings. The molecule has 0 aliphatic carbocycles. The van der Waals surface area contributed by atoms with E-state index in [2.05, 4.69) is 14.7 Å². The molecule has 12 heavy (non-hydrogen) atoms. The normalized spacial score (nSPS) is 11.4. The van der Waals surface area contributed by atoms with Crippen LogP contribution in [-0.4, -0.2) is 25.4 Å². The second kappa shape index (κ2) is 3.03. The molecule has 0 saturated heterocycles. The molecular weight excluding hydrogens is 180 g/mol. The molecule has 0 aliphatic heterocycles. The monoisotopic (exact) mass is 188 g/mol. The number of anilines is 1. The summed E-state index contributed by atoms with van der Waals surface area (Å²) in [5, 5.41) is 0. The highest BCUT2D eigenvalue weighted by molar-refractivity contribution is 7.89. The lowest BCUT2D eigenvalue weighted by Crippen LogP contribution is -2.19. The van der Waals surface area contributed by atoms with Crippen LogP contribution in [0.25, 0.3) is 0 Å². The Morgan fingerprint density at radius 2 is 1.92 bits per heavy atom. The maximum atomic E-state index is 11.1. The summed E-state index contributed by atoms with van der Waals surface area (Å²) in [6.07, 6.45) is 2.29. The van der Waals surface area contributed by atoms with Crippen molar-refractivity contribution in [3.63, 3.8) is 0 Å². The Kier molecular flexibility index (Phi) is 2.25. The molecule has 66 valence electrons. The van der Waals surface area contributed by atoms with E-state index in [1.165, 1.54) is 7.05 Å². The fraction of sp³-hybridized carbons (Fsp3) is 0.200. The molecule has 0 bridgehead atoms. The minimum atomic E-state index is -3.45. The number of aromatic nitrogens is 2. The third-order valence-corrected chi connectivity index (χ3v) is 2.60. The van der Waals surface area contributed by atoms with Crippen molar-refractivity contribution in [3.05, 3.63) is 12.4 Å². The Labute approximate surface area is 69.9 Å². The number of rotatable bonds is 2. The van der Waals surface area contributed by atoms with Crippen molar-refractivity contribution in [1.82, 2.24) is 14.7 Å². The highest BCUT2D eigenvalue weighted by Crippen LogP contribution is 2.04. The van der Waals surface area contributed by atoms with E-state index in [-0.39, 0.29) is 10.8 Å². The van der Waals surface area contributed by atoms with Crippen molar-refractivity contribution >= 4 is 16.0 Å². The molecule has 6 nitrogen and oxygen atoms in total. The van der Waals surface area contributed by atoms with Crippen LogP contribution in [0.2, 0.25) is 0 Å². The van der Waals surface area contributed by atoms with Gasteiger partial charge in [-0.1, -0.05) is 0 Å². The first-order valence-electron chi connectivity index (χ1n) is 3.07. The Balaban J connectivity index is 3.14. The number of nitrogens with one attached hydrogen (secondary N) is 1. The zero-order chi connectivity index (χ0) is 9.19. The molecule has 0 saturated carbocycles. The number of hydrogen-bond donors (Lipinski definition) is 2. The van der Waals surface area contributed by atoms with Crippen molar-refractivity contribution in [2.75, 3.05) is 12.8 Å². The molecule has 0 unspecified atom stereocenters. The standard InChI is InChI=1S/C5H8N4O2S/c1-7-12(10,11)4-2-8-5(6)9-3-4/h2-3,7H,1H3,(H2,6,8,9). The summed E-state index contributed by atoms with van der Waals surface area (Å²) in [6, 6.07) is 0. The number of sulfonamides is 1. The molecule has 0 aromatic carbocycles. The van der Waals surface area contributed by atoms with Crippen molar-refractivity contribution in [3.8, 4) is 0 Å². The largest absolute Gasteiger partial charge is 0.368 e. The Morgan fingerprint density at radius 1 is 1.42 bits per heavy atom. The van der Waals surface area contributed by atoms with Crippen molar-refractivity contribution in [2.45, 2.75) is 4.90 Å². The fourth-order valence-corrected chi connectivity index (χ4v) is 1.20. The van der Waals surface area contributed by atoms with Gasteiger partial charge >= 0.3 is 0 Å². The summed E-state index contributed by atoms with van der Waals surface area (Å²) >= 11 is 0. The first-order chi connectivity index (χ1) is 5.56. The summed E-state index contributed by atoms with van der Waals surface area (Å²) < 4.78 is 24.3. The molecular formula is C5H8N4O2S. The van der Waals surface area contributed by atoms with Crippen molar-refractivity contribution in [2.24, 2.45) is 0 Å². The summed E-state index contributed by atoms with van der Waals surface area (Å²) in [6.45, 7) is 0. The summed E-state index contributed by atoms with van der Waals surface area (Å²) in [4.78, 5) is 7.08. The minimum absolute atomic E-state index is 0.000741. The maximum absolute atomic E-state index is 11.1. The van der Waals surface area contributed by atoms with Crippen molar-refractivity contribution < 1.29 is 8.42 Å². The Morgan fingerprint density at radius 3 is 2.33 bits per heavy atom. The molecule has 0 fully saturated rings. The van der Waals surface area contributed by atoms with Crippen LogP contribution in [-0.2, 0) is 10.0 Å². The highest BCUT2D eigenvalue weighted by atomic mass is 32.2. The third kappa shape index (κ3) is 1.69. The lowest BCUT2D eigenvalue weighted by Gasteiger charge is -1.99. The third-order valence-electron chi connectivity index (χ3n) is 1.23. The number of nitrogens with zero attached hydrogens (tertiary/aromatic N) is 2. The SMILES string of the molecule is CNS(=O)(=O)c1cnc(N)nc1. The van der Waals surface area contributed by atoms with E-state index < -0.39 is 10.0 Å². The zero-order valence-electron chi connectivity index (χ0n) is 6.35. The van der Waals surface area contributed by atoms with Crippen LogP contribution in [0.4, 0.5) is 5.95 Å². The minimum Gasteiger partial charge on any atom is -0.368 e. The second-order valence-corrected chi connectivity index (χ2v) is 3.87. The molecule has 0 atom stereocenters. The fourth-order valence-electron chi connectivity index (χ4n) is 0.583. The van der Waals surface area contributed by atoms with E-state index in [4.69, 9.17) is 5.73 Å². The molecule has 1 aromatic rings. The number of hydrogen-bond acceptors (Lipinski definition) is 5. The zero-order valence-corrected chi connectivity index (χ0v) is 7.17. The molecule has 1 rings (SSSR count). The van der Waals surface area contributed by atoms with Gasteiger partial charge in [0, 0.05) is 0 Å². The predicted octanol–water partition coefficient (Wildman–Crippen LogP) is -1.03. The van der Waals surface area contributed by atoms with Gasteiger partial charge in [0.05, 0.1) is 12.4 Å². The molecule has 0 spiro atoms. The average molecular weight is 188 g/mol. The van der Waals surface area contributed by atoms with Gasteiger partial charge in [-0.25, -0.2) is 23.1 Å². The first kappa shape index (κ1) is 8.88. The van der Waals surface area contributed by atoms with Gasteiger partial charge in [-0.15, -0.1) is 0 Å². The topological polar surface area (TPSA) is 98.0 Å². The van der Waals surface area contributed by atoms with Crippen LogP contribution in [0.15, 0.2) is 17.3 Å². The van der Waals surface area contributed by atoms with E-state index in [0.29, 0.717) is 0 Å². The second-order valence-electron chi connectivity index (χ2n) is 1.98. The van der Waals surface area contributed by atoms with Gasteiger partial charge in [-0.3, -0.25) is 0 Å². The van der Waals surface area contributed by atoms with E-state index in [0.717, 1.165) is 12.4 Å². The average Bonchev–Trinajstić information content (AvgIpc) is 2.05. The van der Waals surface area contributed by atoms with E-state index in [1.807, 2.05) is 0 Å². The predicted molar refractivity (Wildman–Crippen MR) is 42.7 cm³/mol. The highest BCUT2D eigenvalue weighted by Gasteiger charge is 2.11. The Bertz CT molecular complexity index is 358. The molecule has 0 amide bonds. The molecule has 1 heterocycles. The van der Waals surface area contributed by atoms with Crippen LogP contribution in [0, 0.1) is 0 Å². The molecule has 7 heteroatoms. The van der Waals surface area contributed by atoms with Crippen LogP contribution < -0.4 is 10.5 Å². The smallest absolute Gasteiger partial charge is 0.243 e. The van der Waals surface area contributed by atoms with Crippen LogP contribution in [0.1, 0.15) is 0 Å². The van der Waals surface area contributed by atoms with Gasteiger partial charge in [0.2, 0.25) is 16.0 Å². The molecule has 0 radical (unpaired) electrons. The van der Waals surface area contributed by atoms with E-state index >= 15 is 0 Å². The van der Waals surface area contributed by atoms with Gasteiger partial charge in [0.25, 0.3) is 0 Å². The maximum Gasteiger partial charge on any atom is 0.243 e. The summed E-state index contributed by atoms with van der Waals surface area (Å²) in [7, 11) is -2.13. The summed E-state index contributed by atoms with van der Waals surface area (Å²) in [5.74, 6) is 0.0463. The Hall–Kier alpha value is -1.21. The van der Waals surface area contributed by atoms with Gasteiger partial charge < -0.3 is 5.73 Å². The van der Waals surface area contributed by atoms with Gasteiger partial charge in [-0.05, 0) is 7.05 Å².